The molecular weight excluding hydrogens is 634 g/mol. The van der Waals surface area contributed by atoms with Crippen LogP contribution in [0.1, 0.15) is 69.6 Å². The lowest BCUT2D eigenvalue weighted by Gasteiger charge is -2.35. The number of anilines is 1. The standard InChI is InChI=1S/C34H47N7O8/c1-5-7-8-9-11-34(3,45)23-16-20-26(49-23)21(17-42)28-24(27(20)46-4)19(15-22(48-28)31(44)47-6-2)10-13-40-14-12-36-33(40)41-18-37-25-29(41)38-32(35)39-30(25)43/h10,12,14-15,23,25,29,32,37-38,42,45H,5-9,11,13,16-18,35H2,1-4H3,(H,39,43)/t23-,25-,29+,32+,34-/m0/s1. The van der Waals surface area contributed by atoms with Crippen LogP contribution in [0.3, 0.4) is 0 Å². The van der Waals surface area contributed by atoms with Crippen molar-refractivity contribution in [2.75, 3.05) is 25.3 Å². The van der Waals surface area contributed by atoms with Gasteiger partial charge in [0.15, 0.2) is 0 Å². The lowest BCUT2D eigenvalue weighted by Crippen LogP contribution is -2.70. The Morgan fingerprint density at radius 1 is 1.27 bits per heavy atom. The topological polar surface area (TPSA) is 195 Å². The van der Waals surface area contributed by atoms with E-state index in [9.17, 15) is 19.8 Å². The first-order valence-electron chi connectivity index (χ1n) is 17.0. The van der Waals surface area contributed by atoms with Crippen LogP contribution in [0.25, 0.3) is 5.57 Å². The number of imidazole rings is 1. The van der Waals surface area contributed by atoms with Crippen LogP contribution in [0, 0.1) is 0 Å². The zero-order valence-corrected chi connectivity index (χ0v) is 28.5. The Balaban J connectivity index is 1.37. The number of amides is 1. The molecule has 49 heavy (non-hydrogen) atoms. The van der Waals surface area contributed by atoms with Gasteiger partial charge in [0.25, 0.3) is 0 Å². The number of nitrogens with two attached hydrogens (primary N) is 1. The third kappa shape index (κ3) is 6.60. The van der Waals surface area contributed by atoms with Crippen LogP contribution in [0.4, 0.5) is 5.95 Å². The summed E-state index contributed by atoms with van der Waals surface area (Å²) in [5, 5.41) is 31.3. The van der Waals surface area contributed by atoms with Gasteiger partial charge in [0.05, 0.1) is 43.7 Å². The monoisotopic (exact) mass is 681 g/mol. The molecule has 0 radical (unpaired) electrons. The molecule has 0 spiro atoms. The van der Waals surface area contributed by atoms with Gasteiger partial charge in [-0.25, -0.2) is 9.78 Å². The molecule has 0 saturated carbocycles. The Kier molecular flexibility index (Phi) is 10.2. The maximum atomic E-state index is 13.0. The predicted molar refractivity (Wildman–Crippen MR) is 179 cm³/mol. The molecule has 4 aliphatic heterocycles. The molecule has 15 nitrogen and oxygen atoms in total. The van der Waals surface area contributed by atoms with Crippen molar-refractivity contribution in [2.45, 2.75) is 103 Å². The molecule has 4 aliphatic rings. The summed E-state index contributed by atoms with van der Waals surface area (Å²) in [6, 6.07) is -0.507. The second kappa shape index (κ2) is 14.4. The highest BCUT2D eigenvalue weighted by Gasteiger charge is 2.45. The van der Waals surface area contributed by atoms with Gasteiger partial charge in [0.1, 0.15) is 41.8 Å². The van der Waals surface area contributed by atoms with Gasteiger partial charge in [-0.1, -0.05) is 38.7 Å². The number of methoxy groups -OCH3 is 1. The van der Waals surface area contributed by atoms with E-state index in [4.69, 9.17) is 24.7 Å². The highest BCUT2D eigenvalue weighted by Crippen LogP contribution is 2.53. The van der Waals surface area contributed by atoms with Crippen molar-refractivity contribution < 1.29 is 38.7 Å². The van der Waals surface area contributed by atoms with Crippen molar-refractivity contribution in [2.24, 2.45) is 5.73 Å². The Labute approximate surface area is 285 Å². The van der Waals surface area contributed by atoms with E-state index in [2.05, 4.69) is 27.9 Å². The van der Waals surface area contributed by atoms with Crippen LogP contribution >= 0.6 is 0 Å². The maximum absolute atomic E-state index is 13.0. The number of carbonyl (C=O) groups is 2. The molecule has 7 N–H and O–H groups in total. The molecule has 6 rings (SSSR count). The van der Waals surface area contributed by atoms with E-state index in [0.717, 1.165) is 25.7 Å². The molecule has 1 aromatic heterocycles. The number of carbonyl (C=O) groups excluding carboxylic acids is 2. The van der Waals surface area contributed by atoms with Crippen molar-refractivity contribution in [1.29, 1.82) is 0 Å². The van der Waals surface area contributed by atoms with Crippen LogP contribution in [0.5, 0.6) is 17.2 Å². The number of ether oxygens (including phenoxy) is 4. The van der Waals surface area contributed by atoms with Gasteiger partial charge in [-0.3, -0.25) is 21.2 Å². The van der Waals surface area contributed by atoms with Gasteiger partial charge >= 0.3 is 5.97 Å². The third-order valence-electron chi connectivity index (χ3n) is 9.58. The Bertz CT molecular complexity index is 1640. The van der Waals surface area contributed by atoms with Crippen LogP contribution in [0.15, 0.2) is 30.3 Å². The fraction of sp³-hybridized carbons (Fsp3) is 0.559. The lowest BCUT2D eigenvalue weighted by atomic mass is 9.87. The molecule has 0 unspecified atom stereocenters. The van der Waals surface area contributed by atoms with Crippen LogP contribution < -0.4 is 40.8 Å². The van der Waals surface area contributed by atoms with E-state index in [1.165, 1.54) is 0 Å². The SMILES string of the molecule is CCCCCC[C@](C)(O)[C@@H]1Cc2c(c(CO)c3c(c2OC)C(=CCn2ccnc2N2CN[C@@H]4C(=O)N[C@H](N)N[C@@H]42)C=C(C(=O)OCC)O3)O1. The summed E-state index contributed by atoms with van der Waals surface area (Å²) in [6.07, 6.45) is 10.3. The number of rotatable bonds is 13. The van der Waals surface area contributed by atoms with Gasteiger partial charge in [0, 0.05) is 30.9 Å². The van der Waals surface area contributed by atoms with E-state index in [1.807, 2.05) is 21.7 Å². The largest absolute Gasteiger partial charge is 0.496 e. The number of hydrogen-bond donors (Lipinski definition) is 6. The Morgan fingerprint density at radius 2 is 2.08 bits per heavy atom. The summed E-state index contributed by atoms with van der Waals surface area (Å²) in [7, 11) is 1.55. The van der Waals surface area contributed by atoms with Crippen LogP contribution in [-0.4, -0.2) is 82.2 Å². The molecular formula is C34H47N7O8. The molecule has 15 heteroatoms. The summed E-state index contributed by atoms with van der Waals surface area (Å²) in [5.41, 5.74) is 7.09. The third-order valence-corrected chi connectivity index (χ3v) is 9.58. The quantitative estimate of drug-likeness (QED) is 0.131. The number of fused-ring (bicyclic) bond motifs is 3. The molecule has 2 aromatic rings. The number of nitrogens with one attached hydrogen (secondary N) is 3. The molecule has 2 fully saturated rings. The van der Waals surface area contributed by atoms with E-state index in [1.54, 1.807) is 33.2 Å². The molecule has 1 amide bonds. The molecule has 5 atom stereocenters. The minimum atomic E-state index is -1.13. The average molecular weight is 682 g/mol. The Morgan fingerprint density at radius 3 is 2.82 bits per heavy atom. The minimum Gasteiger partial charge on any atom is -0.496 e. The van der Waals surface area contributed by atoms with Crippen molar-refractivity contribution in [3.8, 4) is 17.2 Å². The molecule has 2 saturated heterocycles. The van der Waals surface area contributed by atoms with Crippen molar-refractivity contribution in [3.05, 3.63) is 47.0 Å². The number of aliphatic hydroxyl groups excluding tert-OH is 1. The van der Waals surface area contributed by atoms with Crippen LogP contribution in [-0.2, 0) is 33.9 Å². The first-order chi connectivity index (χ1) is 23.6. The number of hydrogen-bond acceptors (Lipinski definition) is 13. The van der Waals surface area contributed by atoms with Crippen molar-refractivity contribution in [1.82, 2.24) is 25.5 Å². The van der Waals surface area contributed by atoms with Gasteiger partial charge in [-0.05, 0) is 31.9 Å². The van der Waals surface area contributed by atoms with E-state index < -0.39 is 42.8 Å². The zero-order valence-electron chi connectivity index (χ0n) is 28.5. The van der Waals surface area contributed by atoms with E-state index in [0.29, 0.717) is 65.8 Å². The maximum Gasteiger partial charge on any atom is 0.374 e. The van der Waals surface area contributed by atoms with Gasteiger partial charge < -0.3 is 43.9 Å². The second-order valence-electron chi connectivity index (χ2n) is 12.9. The Hall–Kier alpha value is -4.15. The highest BCUT2D eigenvalue weighted by molar-refractivity contribution is 5.96. The van der Waals surface area contributed by atoms with Gasteiger partial charge in [0.2, 0.25) is 17.6 Å². The first kappa shape index (κ1) is 34.7. The number of unbranched alkanes of at least 4 members (excludes halogenated alkanes) is 3. The van der Waals surface area contributed by atoms with Crippen molar-refractivity contribution in [3.63, 3.8) is 0 Å². The molecule has 266 valence electrons. The molecule has 1 aromatic carbocycles. The van der Waals surface area contributed by atoms with E-state index >= 15 is 0 Å². The number of aliphatic hydroxyl groups is 2. The first-order valence-corrected chi connectivity index (χ1v) is 17.0. The number of aromatic nitrogens is 2. The van der Waals surface area contributed by atoms with E-state index in [-0.39, 0.29) is 24.0 Å². The molecule has 5 heterocycles. The normalized spacial score (nSPS) is 24.6. The van der Waals surface area contributed by atoms with Crippen molar-refractivity contribution >= 4 is 23.4 Å². The lowest BCUT2D eigenvalue weighted by molar-refractivity contribution is -0.141. The summed E-state index contributed by atoms with van der Waals surface area (Å²) < 4.78 is 25.8. The number of allylic oxidation sites excluding steroid dienone is 3. The number of benzene rings is 1. The van der Waals surface area contributed by atoms with Gasteiger partial charge in [-0.2, -0.15) is 0 Å². The summed E-state index contributed by atoms with van der Waals surface area (Å²) in [6.45, 7) is 6.01. The predicted octanol–water partition coefficient (Wildman–Crippen LogP) is 1.36. The second-order valence-corrected chi connectivity index (χ2v) is 12.9. The molecule has 0 bridgehead atoms. The van der Waals surface area contributed by atoms with Gasteiger partial charge in [-0.15, -0.1) is 0 Å². The summed E-state index contributed by atoms with van der Waals surface area (Å²) in [4.78, 5) is 32.1. The summed E-state index contributed by atoms with van der Waals surface area (Å²) in [5.74, 6) is 0.769. The zero-order chi connectivity index (χ0) is 34.9. The average Bonchev–Trinajstić information content (AvgIpc) is 3.83. The highest BCUT2D eigenvalue weighted by atomic mass is 16.6. The summed E-state index contributed by atoms with van der Waals surface area (Å²) >= 11 is 0. The fourth-order valence-electron chi connectivity index (χ4n) is 7.04. The molecule has 0 aliphatic carbocycles. The number of esters is 1. The number of nitrogens with zero attached hydrogens (tertiary/aromatic N) is 3. The smallest absolute Gasteiger partial charge is 0.374 e. The minimum absolute atomic E-state index is 0.0568. The fourth-order valence-corrected chi connectivity index (χ4v) is 7.04. The van der Waals surface area contributed by atoms with Crippen LogP contribution in [0.2, 0.25) is 0 Å².